The predicted molar refractivity (Wildman–Crippen MR) is 97.7 cm³/mol. The molecule has 9 nitrogen and oxygen atoms in total. The van der Waals surface area contributed by atoms with Gasteiger partial charge in [0, 0.05) is 23.7 Å². The summed E-state index contributed by atoms with van der Waals surface area (Å²) in [6, 6.07) is 8.75. The van der Waals surface area contributed by atoms with E-state index in [-0.39, 0.29) is 0 Å². The van der Waals surface area contributed by atoms with Gasteiger partial charge in [-0.05, 0) is 37.8 Å². The van der Waals surface area contributed by atoms with Gasteiger partial charge in [0.1, 0.15) is 5.82 Å². The van der Waals surface area contributed by atoms with Crippen molar-refractivity contribution in [2.24, 2.45) is 5.10 Å². The van der Waals surface area contributed by atoms with Crippen molar-refractivity contribution in [3.05, 3.63) is 63.5 Å². The minimum Gasteiger partial charge on any atom is -0.868 e. The molecule has 0 aliphatic heterocycles. The van der Waals surface area contributed by atoms with E-state index < -0.39 is 22.3 Å². The van der Waals surface area contributed by atoms with Crippen molar-refractivity contribution in [3.63, 3.8) is 0 Å². The number of hydrogen-bond donors (Lipinski definition) is 1. The zero-order valence-electron chi connectivity index (χ0n) is 14.7. The van der Waals surface area contributed by atoms with Crippen molar-refractivity contribution < 1.29 is 14.8 Å². The molecule has 0 aliphatic rings. The number of hydrogen-bond acceptors (Lipinski definition) is 6. The van der Waals surface area contributed by atoms with Gasteiger partial charge >= 0.3 is 0 Å². The van der Waals surface area contributed by atoms with Crippen LogP contribution in [-0.4, -0.2) is 26.6 Å². The number of rotatable bonds is 5. The van der Waals surface area contributed by atoms with Crippen LogP contribution >= 0.6 is 0 Å². The summed E-state index contributed by atoms with van der Waals surface area (Å²) in [5, 5.41) is 25.9. The summed E-state index contributed by atoms with van der Waals surface area (Å²) in [5.74, 6) is -0.255. The molecule has 3 aromatic rings. The van der Waals surface area contributed by atoms with Gasteiger partial charge in [-0.3, -0.25) is 14.9 Å². The number of imidazole rings is 1. The second-order valence-corrected chi connectivity index (χ2v) is 5.79. The third-order valence-corrected chi connectivity index (χ3v) is 4.08. The fourth-order valence-corrected chi connectivity index (χ4v) is 2.78. The molecule has 0 unspecified atom stereocenters. The summed E-state index contributed by atoms with van der Waals surface area (Å²) in [7, 11) is 0. The van der Waals surface area contributed by atoms with Crippen molar-refractivity contribution in [2.45, 2.75) is 20.4 Å². The Morgan fingerprint density at radius 3 is 2.81 bits per heavy atom. The van der Waals surface area contributed by atoms with Gasteiger partial charge in [-0.2, -0.15) is 5.10 Å². The molecular weight excluding hydrogens is 350 g/mol. The van der Waals surface area contributed by atoms with Crippen LogP contribution in [0.1, 0.15) is 28.7 Å². The Bertz CT molecular complexity index is 1070. The fourth-order valence-electron chi connectivity index (χ4n) is 2.78. The minimum atomic E-state index is -0.759. The molecule has 9 heteroatoms. The van der Waals surface area contributed by atoms with Gasteiger partial charge in [-0.15, -0.1) is 0 Å². The zero-order chi connectivity index (χ0) is 19.6. The van der Waals surface area contributed by atoms with Gasteiger partial charge < -0.3 is 9.67 Å². The van der Waals surface area contributed by atoms with Gasteiger partial charge in [0.2, 0.25) is 0 Å². The van der Waals surface area contributed by atoms with Gasteiger partial charge in [-0.1, -0.05) is 12.1 Å². The molecule has 1 aromatic heterocycles. The van der Waals surface area contributed by atoms with Crippen molar-refractivity contribution in [3.8, 4) is 5.75 Å². The summed E-state index contributed by atoms with van der Waals surface area (Å²) in [5.41, 5.74) is 4.19. The second kappa shape index (κ2) is 7.24. The average Bonchev–Trinajstić information content (AvgIpc) is 2.96. The zero-order valence-corrected chi connectivity index (χ0v) is 14.7. The van der Waals surface area contributed by atoms with E-state index in [9.17, 15) is 20.0 Å². The number of nitrogens with one attached hydrogen (secondary N) is 1. The Morgan fingerprint density at radius 1 is 1.33 bits per heavy atom. The first-order valence-electron chi connectivity index (χ1n) is 8.16. The van der Waals surface area contributed by atoms with E-state index in [2.05, 4.69) is 15.5 Å². The Balaban J connectivity index is 1.76. The van der Waals surface area contributed by atoms with Gasteiger partial charge in [0.25, 0.3) is 11.6 Å². The molecule has 138 valence electrons. The molecule has 27 heavy (non-hydrogen) atoms. The lowest BCUT2D eigenvalue weighted by Gasteiger charge is -2.06. The third kappa shape index (κ3) is 3.61. The lowest BCUT2D eigenvalue weighted by Crippen LogP contribution is -2.17. The van der Waals surface area contributed by atoms with Crippen LogP contribution in [-0.2, 0) is 6.54 Å². The Morgan fingerprint density at radius 2 is 2.11 bits per heavy atom. The highest BCUT2D eigenvalue weighted by molar-refractivity contribution is 5.98. The highest BCUT2D eigenvalue weighted by atomic mass is 16.6. The molecule has 1 N–H and O–H groups in total. The molecule has 0 saturated carbocycles. The number of carbonyl (C=O) groups excluding carboxylic acids is 1. The van der Waals surface area contributed by atoms with Crippen molar-refractivity contribution >= 4 is 28.8 Å². The van der Waals surface area contributed by atoms with E-state index in [1.54, 1.807) is 12.1 Å². The molecule has 0 spiro atoms. The van der Waals surface area contributed by atoms with Crippen LogP contribution in [0.2, 0.25) is 0 Å². The van der Waals surface area contributed by atoms with E-state index in [0.717, 1.165) is 30.0 Å². The summed E-state index contributed by atoms with van der Waals surface area (Å²) >= 11 is 0. The van der Waals surface area contributed by atoms with Crippen LogP contribution in [0.25, 0.3) is 11.0 Å². The first-order chi connectivity index (χ1) is 12.9. The molecule has 0 atom stereocenters. The second-order valence-electron chi connectivity index (χ2n) is 5.79. The quantitative estimate of drug-likeness (QED) is 0.420. The van der Waals surface area contributed by atoms with Crippen LogP contribution in [0.15, 0.2) is 41.5 Å². The maximum atomic E-state index is 12.3. The van der Waals surface area contributed by atoms with Crippen LogP contribution in [0.4, 0.5) is 5.69 Å². The number of benzene rings is 2. The van der Waals surface area contributed by atoms with Crippen LogP contribution in [0.3, 0.4) is 0 Å². The highest BCUT2D eigenvalue weighted by Gasteiger charge is 2.11. The first kappa shape index (κ1) is 18.1. The molecule has 0 aliphatic carbocycles. The van der Waals surface area contributed by atoms with Crippen molar-refractivity contribution in [1.82, 2.24) is 15.0 Å². The summed E-state index contributed by atoms with van der Waals surface area (Å²) in [4.78, 5) is 26.7. The number of nitro groups is 1. The SMILES string of the molecule is CCn1c(C)nc2cc(C(=O)N/N=C\c3ccc([O-])c([N+](=O)[O-])c3)ccc21. The maximum absolute atomic E-state index is 12.3. The lowest BCUT2D eigenvalue weighted by molar-refractivity contribution is -0.398. The molecule has 1 amide bonds. The molecule has 0 saturated heterocycles. The summed E-state index contributed by atoms with van der Waals surface area (Å²) in [6.07, 6.45) is 1.23. The Labute approximate surface area is 154 Å². The van der Waals surface area contributed by atoms with Crippen molar-refractivity contribution in [1.29, 1.82) is 0 Å². The molecule has 0 fully saturated rings. The molecular formula is C18H16N5O4-. The third-order valence-electron chi connectivity index (χ3n) is 4.08. The maximum Gasteiger partial charge on any atom is 0.271 e. The van der Waals surface area contributed by atoms with E-state index in [1.807, 2.05) is 24.5 Å². The minimum absolute atomic E-state index is 0.328. The van der Waals surface area contributed by atoms with Crippen LogP contribution in [0, 0.1) is 17.0 Å². The predicted octanol–water partition coefficient (Wildman–Crippen LogP) is 2.11. The smallest absolute Gasteiger partial charge is 0.271 e. The Hall–Kier alpha value is -3.75. The molecule has 2 aromatic carbocycles. The molecule has 0 radical (unpaired) electrons. The van der Waals surface area contributed by atoms with E-state index >= 15 is 0 Å². The molecule has 0 bridgehead atoms. The van der Waals surface area contributed by atoms with E-state index in [0.29, 0.717) is 16.6 Å². The monoisotopic (exact) mass is 366 g/mol. The van der Waals surface area contributed by atoms with Gasteiger partial charge in [0.15, 0.2) is 0 Å². The lowest BCUT2D eigenvalue weighted by atomic mass is 10.2. The van der Waals surface area contributed by atoms with E-state index in [4.69, 9.17) is 0 Å². The summed E-state index contributed by atoms with van der Waals surface area (Å²) in [6.45, 7) is 4.71. The van der Waals surface area contributed by atoms with Crippen LogP contribution in [0.5, 0.6) is 5.75 Å². The number of aryl methyl sites for hydroxylation is 2. The number of fused-ring (bicyclic) bond motifs is 1. The fraction of sp³-hybridized carbons (Fsp3) is 0.167. The topological polar surface area (TPSA) is 125 Å². The largest absolute Gasteiger partial charge is 0.868 e. The summed E-state index contributed by atoms with van der Waals surface area (Å²) < 4.78 is 2.04. The van der Waals surface area contributed by atoms with Gasteiger partial charge in [-0.25, -0.2) is 10.4 Å². The average molecular weight is 366 g/mol. The molecule has 3 rings (SSSR count). The molecule has 1 heterocycles. The number of aromatic nitrogens is 2. The number of carbonyl (C=O) groups is 1. The van der Waals surface area contributed by atoms with Crippen LogP contribution < -0.4 is 10.5 Å². The number of nitrogens with zero attached hydrogens (tertiary/aromatic N) is 4. The first-order valence-corrected chi connectivity index (χ1v) is 8.16. The standard InChI is InChI=1S/C18H17N5O4/c1-3-22-11(2)20-14-9-13(5-6-15(14)22)18(25)21-19-10-12-4-7-17(24)16(8-12)23(26)27/h4-10,24H,3H2,1-2H3,(H,21,25)/p-1/b19-10-. The Kier molecular flexibility index (Phi) is 4.84. The number of hydrazone groups is 1. The van der Waals surface area contributed by atoms with Gasteiger partial charge in [0.05, 0.1) is 22.2 Å². The van der Waals surface area contributed by atoms with Crippen molar-refractivity contribution in [2.75, 3.05) is 0 Å². The number of nitro benzene ring substituents is 1. The van der Waals surface area contributed by atoms with E-state index in [1.165, 1.54) is 12.3 Å². The normalized spacial score (nSPS) is 11.2. The number of amides is 1. The highest BCUT2D eigenvalue weighted by Crippen LogP contribution is 2.23.